The zero-order valence-electron chi connectivity index (χ0n) is 18.7. The van der Waals surface area contributed by atoms with Crippen LogP contribution in [-0.2, 0) is 19.8 Å². The van der Waals surface area contributed by atoms with Gasteiger partial charge >= 0.3 is 0 Å². The van der Waals surface area contributed by atoms with Crippen LogP contribution in [-0.4, -0.2) is 60.2 Å². The van der Waals surface area contributed by atoms with E-state index >= 15 is 0 Å². The highest BCUT2D eigenvalue weighted by molar-refractivity contribution is 5.91. The highest BCUT2D eigenvalue weighted by Gasteiger charge is 2.61. The maximum Gasteiger partial charge on any atom is 0.243 e. The molecule has 6 rings (SSSR count). The minimum atomic E-state index is -0.346. The molecule has 0 aromatic heterocycles. The fourth-order valence-corrected chi connectivity index (χ4v) is 7.48. The van der Waals surface area contributed by atoms with Gasteiger partial charge in [0.15, 0.2) is 0 Å². The van der Waals surface area contributed by atoms with Crippen LogP contribution in [0, 0.1) is 17.3 Å². The molecule has 0 spiro atoms. The third-order valence-corrected chi connectivity index (χ3v) is 8.42. The molecule has 6 nitrogen and oxygen atoms in total. The van der Waals surface area contributed by atoms with E-state index in [1.165, 1.54) is 24.8 Å². The van der Waals surface area contributed by atoms with Crippen molar-refractivity contribution in [1.82, 2.24) is 15.1 Å². The molecule has 1 aliphatic heterocycles. The SMILES string of the molecule is C=CC(=O)NCC(=O)N1CCN(C(=O)C23CC4CC(C2)CC(c2ccccc2)(C4)C3)CC1. The summed E-state index contributed by atoms with van der Waals surface area (Å²) < 4.78 is 0. The molecule has 32 heavy (non-hydrogen) atoms. The Hall–Kier alpha value is -2.63. The first kappa shape index (κ1) is 21.2. The monoisotopic (exact) mass is 435 g/mol. The van der Waals surface area contributed by atoms with Gasteiger partial charge in [0.1, 0.15) is 0 Å². The van der Waals surface area contributed by atoms with E-state index in [9.17, 15) is 14.4 Å². The molecule has 0 radical (unpaired) electrons. The first-order valence-electron chi connectivity index (χ1n) is 12.0. The Bertz CT molecular complexity index is 906. The molecular weight excluding hydrogens is 402 g/mol. The molecule has 1 aromatic rings. The number of carbonyl (C=O) groups is 3. The molecule has 5 fully saturated rings. The fourth-order valence-electron chi connectivity index (χ4n) is 7.48. The highest BCUT2D eigenvalue weighted by Crippen LogP contribution is 2.66. The highest BCUT2D eigenvalue weighted by atomic mass is 16.2. The molecule has 6 heteroatoms. The Labute approximate surface area is 190 Å². The summed E-state index contributed by atoms with van der Waals surface area (Å²) in [5.41, 5.74) is 1.34. The predicted molar refractivity (Wildman–Crippen MR) is 122 cm³/mol. The zero-order chi connectivity index (χ0) is 22.3. The second kappa shape index (κ2) is 8.05. The lowest BCUT2D eigenvalue weighted by molar-refractivity contribution is -0.163. The molecule has 1 saturated heterocycles. The van der Waals surface area contributed by atoms with Crippen LogP contribution in [0.3, 0.4) is 0 Å². The lowest BCUT2D eigenvalue weighted by Gasteiger charge is -2.62. The van der Waals surface area contributed by atoms with Gasteiger partial charge in [-0.05, 0) is 67.4 Å². The number of piperazine rings is 1. The van der Waals surface area contributed by atoms with Gasteiger partial charge in [-0.15, -0.1) is 0 Å². The first-order chi connectivity index (χ1) is 15.4. The van der Waals surface area contributed by atoms with E-state index in [2.05, 4.69) is 42.2 Å². The summed E-state index contributed by atoms with van der Waals surface area (Å²) in [5, 5.41) is 2.54. The van der Waals surface area contributed by atoms with E-state index in [0.717, 1.165) is 25.3 Å². The largest absolute Gasteiger partial charge is 0.343 e. The van der Waals surface area contributed by atoms with E-state index < -0.39 is 0 Å². The summed E-state index contributed by atoms with van der Waals surface area (Å²) in [6, 6.07) is 10.9. The van der Waals surface area contributed by atoms with Crippen molar-refractivity contribution in [3.8, 4) is 0 Å². The van der Waals surface area contributed by atoms with Gasteiger partial charge in [-0.3, -0.25) is 14.4 Å². The number of carbonyl (C=O) groups excluding carboxylic acids is 3. The van der Waals surface area contributed by atoms with Crippen molar-refractivity contribution < 1.29 is 14.4 Å². The van der Waals surface area contributed by atoms with Crippen LogP contribution in [0.5, 0.6) is 0 Å². The Morgan fingerprint density at radius 1 is 0.969 bits per heavy atom. The molecule has 1 N–H and O–H groups in total. The molecule has 4 bridgehead atoms. The summed E-state index contributed by atoms with van der Waals surface area (Å²) in [4.78, 5) is 41.4. The topological polar surface area (TPSA) is 69.7 Å². The van der Waals surface area contributed by atoms with Crippen molar-refractivity contribution in [2.45, 2.75) is 43.9 Å². The van der Waals surface area contributed by atoms with E-state index in [1.54, 1.807) is 4.90 Å². The molecule has 2 atom stereocenters. The molecular formula is C26H33N3O3. The first-order valence-corrected chi connectivity index (χ1v) is 12.0. The Morgan fingerprint density at radius 3 is 2.22 bits per heavy atom. The maximum absolute atomic E-state index is 13.9. The van der Waals surface area contributed by atoms with Crippen LogP contribution in [0.1, 0.15) is 44.1 Å². The molecule has 4 saturated carbocycles. The lowest BCUT2D eigenvalue weighted by atomic mass is 9.42. The van der Waals surface area contributed by atoms with Crippen molar-refractivity contribution in [3.05, 3.63) is 48.6 Å². The quantitative estimate of drug-likeness (QED) is 0.723. The smallest absolute Gasteiger partial charge is 0.243 e. The zero-order valence-corrected chi connectivity index (χ0v) is 18.7. The third-order valence-electron chi connectivity index (χ3n) is 8.42. The normalized spacial score (nSPS) is 33.1. The third kappa shape index (κ3) is 3.63. The van der Waals surface area contributed by atoms with Crippen LogP contribution in [0.2, 0.25) is 0 Å². The summed E-state index contributed by atoms with van der Waals surface area (Å²) in [5.74, 6) is 1.17. The van der Waals surface area contributed by atoms with Gasteiger partial charge in [0.2, 0.25) is 17.7 Å². The molecule has 1 aromatic carbocycles. The molecule has 3 amide bonds. The Balaban J connectivity index is 1.27. The second-order valence-corrected chi connectivity index (χ2v) is 10.5. The number of hydrogen-bond acceptors (Lipinski definition) is 3. The van der Waals surface area contributed by atoms with Gasteiger partial charge in [-0.2, -0.15) is 0 Å². The molecule has 1 heterocycles. The van der Waals surface area contributed by atoms with Gasteiger partial charge in [0.25, 0.3) is 0 Å². The van der Waals surface area contributed by atoms with Crippen LogP contribution in [0.15, 0.2) is 43.0 Å². The Kier molecular flexibility index (Phi) is 5.34. The van der Waals surface area contributed by atoms with Crippen molar-refractivity contribution in [1.29, 1.82) is 0 Å². The Morgan fingerprint density at radius 2 is 1.59 bits per heavy atom. The van der Waals surface area contributed by atoms with Crippen molar-refractivity contribution in [2.75, 3.05) is 32.7 Å². The number of hydrogen-bond donors (Lipinski definition) is 1. The van der Waals surface area contributed by atoms with Gasteiger partial charge in [0, 0.05) is 26.2 Å². The summed E-state index contributed by atoms with van der Waals surface area (Å²) >= 11 is 0. The second-order valence-electron chi connectivity index (χ2n) is 10.5. The molecule has 2 unspecified atom stereocenters. The van der Waals surface area contributed by atoms with E-state index in [1.807, 2.05) is 4.90 Å². The molecule has 4 aliphatic carbocycles. The van der Waals surface area contributed by atoms with E-state index in [0.29, 0.717) is 43.9 Å². The fraction of sp³-hybridized carbons (Fsp3) is 0.577. The number of rotatable bonds is 5. The molecule has 170 valence electrons. The summed E-state index contributed by atoms with van der Waals surface area (Å²) in [6.07, 6.45) is 7.93. The lowest BCUT2D eigenvalue weighted by Crippen LogP contribution is -2.62. The predicted octanol–water partition coefficient (Wildman–Crippen LogP) is 2.50. The minimum Gasteiger partial charge on any atom is -0.343 e. The average Bonchev–Trinajstić information content (AvgIpc) is 2.81. The van der Waals surface area contributed by atoms with Crippen LogP contribution < -0.4 is 5.32 Å². The van der Waals surface area contributed by atoms with Crippen LogP contribution in [0.25, 0.3) is 0 Å². The van der Waals surface area contributed by atoms with Crippen molar-refractivity contribution in [2.24, 2.45) is 17.3 Å². The van der Waals surface area contributed by atoms with E-state index in [-0.39, 0.29) is 29.2 Å². The summed E-state index contributed by atoms with van der Waals surface area (Å²) in [6.45, 7) is 5.59. The number of nitrogens with zero attached hydrogens (tertiary/aromatic N) is 2. The number of amides is 3. The van der Waals surface area contributed by atoms with Crippen molar-refractivity contribution in [3.63, 3.8) is 0 Å². The maximum atomic E-state index is 13.9. The standard InChI is InChI=1S/C26H33N3O3/c1-2-22(30)27-17-23(31)28-8-10-29(11-9-28)24(32)26-15-19-12-20(16-26)14-25(13-19,18-26)21-6-4-3-5-7-21/h2-7,19-20H,1,8-18H2,(H,27,30). The van der Waals surface area contributed by atoms with Crippen molar-refractivity contribution >= 4 is 17.7 Å². The number of benzene rings is 1. The average molecular weight is 436 g/mol. The van der Waals surface area contributed by atoms with Gasteiger partial charge in [-0.25, -0.2) is 0 Å². The van der Waals surface area contributed by atoms with Gasteiger partial charge in [0.05, 0.1) is 12.0 Å². The minimum absolute atomic E-state index is 0.0221. The van der Waals surface area contributed by atoms with Gasteiger partial charge < -0.3 is 15.1 Å². The van der Waals surface area contributed by atoms with E-state index in [4.69, 9.17) is 0 Å². The van der Waals surface area contributed by atoms with Crippen LogP contribution >= 0.6 is 0 Å². The number of nitrogens with one attached hydrogen (secondary N) is 1. The van der Waals surface area contributed by atoms with Crippen LogP contribution in [0.4, 0.5) is 0 Å². The summed E-state index contributed by atoms with van der Waals surface area (Å²) in [7, 11) is 0. The molecule has 5 aliphatic rings. The van der Waals surface area contributed by atoms with Gasteiger partial charge in [-0.1, -0.05) is 36.9 Å².